The van der Waals surface area contributed by atoms with E-state index in [0.29, 0.717) is 23.0 Å². The second-order valence-electron chi connectivity index (χ2n) is 8.19. The summed E-state index contributed by atoms with van der Waals surface area (Å²) in [5.74, 6) is 4.72. The van der Waals surface area contributed by atoms with Crippen LogP contribution in [-0.4, -0.2) is 5.78 Å². The van der Waals surface area contributed by atoms with Gasteiger partial charge in [-0.3, -0.25) is 4.79 Å². The highest BCUT2D eigenvalue weighted by Gasteiger charge is 2.55. The molecule has 0 unspecified atom stereocenters. The minimum Gasteiger partial charge on any atom is -0.299 e. The first-order valence-corrected chi connectivity index (χ1v) is 8.17. The molecule has 0 saturated heterocycles. The molecule has 18 heavy (non-hydrogen) atoms. The number of carbonyl (C=O) groups excluding carboxylic acids is 1. The first-order valence-electron chi connectivity index (χ1n) is 8.17. The lowest BCUT2D eigenvalue weighted by Gasteiger charge is -2.60. The summed E-state index contributed by atoms with van der Waals surface area (Å²) >= 11 is 0. The monoisotopic (exact) mass is 246 g/mol. The molecular weight excluding hydrogens is 220 g/mol. The molecule has 1 nitrogen and oxygen atoms in total. The lowest BCUT2D eigenvalue weighted by Crippen LogP contribution is -2.52. The Hall–Kier alpha value is -0.330. The molecule has 100 valence electrons. The van der Waals surface area contributed by atoms with Crippen molar-refractivity contribution in [2.75, 3.05) is 0 Å². The van der Waals surface area contributed by atoms with Crippen LogP contribution in [0.25, 0.3) is 0 Å². The summed E-state index contributed by atoms with van der Waals surface area (Å²) in [6.45, 7) is 2.26. The molecule has 0 N–H and O–H groups in total. The van der Waals surface area contributed by atoms with Gasteiger partial charge >= 0.3 is 0 Å². The maximum Gasteiger partial charge on any atom is 0.136 e. The summed E-state index contributed by atoms with van der Waals surface area (Å²) in [7, 11) is 0. The lowest BCUT2D eigenvalue weighted by atomic mass is 9.45. The van der Waals surface area contributed by atoms with Crippen molar-refractivity contribution >= 4 is 5.78 Å². The van der Waals surface area contributed by atoms with Crippen LogP contribution in [0.3, 0.4) is 0 Å². The average Bonchev–Trinajstić information content (AvgIpc) is 2.26. The van der Waals surface area contributed by atoms with Crippen LogP contribution in [0, 0.1) is 35.0 Å². The highest BCUT2D eigenvalue weighted by molar-refractivity contribution is 5.82. The van der Waals surface area contributed by atoms with E-state index in [2.05, 4.69) is 6.92 Å². The van der Waals surface area contributed by atoms with E-state index >= 15 is 0 Å². The Morgan fingerprint density at radius 2 is 1.50 bits per heavy atom. The van der Waals surface area contributed by atoms with Gasteiger partial charge in [0, 0.05) is 12.3 Å². The van der Waals surface area contributed by atoms with Crippen molar-refractivity contribution in [2.45, 2.75) is 64.7 Å². The average molecular weight is 246 g/mol. The standard InChI is InChI=1S/C17H26O/c1-11-2-3-15(16(18)4-11)17-8-12-5-13(9-17)7-14(6-12)10-17/h11-15H,2-10H2,1H3/t11-,12?,13?,14?,15+,17?/m1/s1. The zero-order valence-corrected chi connectivity index (χ0v) is 11.7. The van der Waals surface area contributed by atoms with Crippen LogP contribution < -0.4 is 0 Å². The maximum atomic E-state index is 12.5. The fourth-order valence-corrected chi connectivity index (χ4v) is 6.45. The third-order valence-electron chi connectivity index (χ3n) is 6.71. The Kier molecular flexibility index (Phi) is 2.45. The fourth-order valence-electron chi connectivity index (χ4n) is 6.45. The molecule has 4 bridgehead atoms. The summed E-state index contributed by atoms with van der Waals surface area (Å²) < 4.78 is 0. The van der Waals surface area contributed by atoms with Crippen LogP contribution >= 0.6 is 0 Å². The predicted molar refractivity (Wildman–Crippen MR) is 72.1 cm³/mol. The van der Waals surface area contributed by atoms with Gasteiger partial charge < -0.3 is 0 Å². The number of Topliss-reactive ketones (excluding diaryl/α,β-unsaturated/α-hetero) is 1. The van der Waals surface area contributed by atoms with Gasteiger partial charge in [-0.1, -0.05) is 6.92 Å². The summed E-state index contributed by atoms with van der Waals surface area (Å²) in [5, 5.41) is 0. The van der Waals surface area contributed by atoms with Gasteiger partial charge in [0.25, 0.3) is 0 Å². The lowest BCUT2D eigenvalue weighted by molar-refractivity contribution is -0.144. The number of ketones is 1. The zero-order valence-electron chi connectivity index (χ0n) is 11.7. The molecule has 0 amide bonds. The van der Waals surface area contributed by atoms with E-state index in [4.69, 9.17) is 0 Å². The maximum absolute atomic E-state index is 12.5. The number of hydrogen-bond acceptors (Lipinski definition) is 1. The van der Waals surface area contributed by atoms with Crippen molar-refractivity contribution in [3.63, 3.8) is 0 Å². The van der Waals surface area contributed by atoms with E-state index < -0.39 is 0 Å². The molecule has 0 aromatic heterocycles. The van der Waals surface area contributed by atoms with Crippen LogP contribution in [0.4, 0.5) is 0 Å². The van der Waals surface area contributed by atoms with E-state index in [1.54, 1.807) is 0 Å². The van der Waals surface area contributed by atoms with Crippen molar-refractivity contribution in [2.24, 2.45) is 35.0 Å². The molecular formula is C17H26O. The minimum absolute atomic E-state index is 0.460. The number of rotatable bonds is 1. The minimum atomic E-state index is 0.460. The molecule has 0 aliphatic heterocycles. The van der Waals surface area contributed by atoms with E-state index in [-0.39, 0.29) is 0 Å². The molecule has 0 aromatic carbocycles. The number of carbonyl (C=O) groups is 1. The summed E-state index contributed by atoms with van der Waals surface area (Å²) in [6.07, 6.45) is 12.1. The highest BCUT2D eigenvalue weighted by Crippen LogP contribution is 2.64. The molecule has 5 rings (SSSR count). The van der Waals surface area contributed by atoms with Crippen molar-refractivity contribution in [1.29, 1.82) is 0 Å². The Morgan fingerprint density at radius 1 is 0.944 bits per heavy atom. The summed E-state index contributed by atoms with van der Waals surface area (Å²) in [5.41, 5.74) is 0.478. The quantitative estimate of drug-likeness (QED) is 0.677. The van der Waals surface area contributed by atoms with Gasteiger partial charge in [0.2, 0.25) is 0 Å². The molecule has 1 heteroatoms. The molecule has 5 saturated carbocycles. The van der Waals surface area contributed by atoms with Crippen molar-refractivity contribution < 1.29 is 4.79 Å². The zero-order chi connectivity index (χ0) is 12.3. The van der Waals surface area contributed by atoms with Gasteiger partial charge in [0.1, 0.15) is 5.78 Å². The number of hydrogen-bond donors (Lipinski definition) is 0. The van der Waals surface area contributed by atoms with Crippen molar-refractivity contribution in [1.82, 2.24) is 0 Å². The van der Waals surface area contributed by atoms with Crippen LogP contribution in [0.15, 0.2) is 0 Å². The molecule has 2 atom stereocenters. The topological polar surface area (TPSA) is 17.1 Å². The summed E-state index contributed by atoms with van der Waals surface area (Å²) in [4.78, 5) is 12.5. The second-order valence-corrected chi connectivity index (χ2v) is 8.19. The molecule has 0 heterocycles. The van der Waals surface area contributed by atoms with Gasteiger partial charge in [-0.25, -0.2) is 0 Å². The van der Waals surface area contributed by atoms with E-state index in [1.165, 1.54) is 51.4 Å². The highest BCUT2D eigenvalue weighted by atomic mass is 16.1. The molecule has 0 spiro atoms. The predicted octanol–water partition coefficient (Wildman–Crippen LogP) is 4.21. The van der Waals surface area contributed by atoms with Crippen LogP contribution in [-0.2, 0) is 4.79 Å². The Labute approximate surface area is 111 Å². The first-order chi connectivity index (χ1) is 8.64. The van der Waals surface area contributed by atoms with Gasteiger partial charge in [0.15, 0.2) is 0 Å². The normalized spacial score (nSPS) is 54.9. The summed E-state index contributed by atoms with van der Waals surface area (Å²) in [6, 6.07) is 0. The van der Waals surface area contributed by atoms with Crippen LogP contribution in [0.5, 0.6) is 0 Å². The molecule has 0 aromatic rings. The molecule has 5 fully saturated rings. The third-order valence-corrected chi connectivity index (χ3v) is 6.71. The van der Waals surface area contributed by atoms with Crippen LogP contribution in [0.2, 0.25) is 0 Å². The SMILES string of the molecule is C[C@@H]1CC[C@H](C23CC4CC(CC(C4)C2)C3)C(=O)C1. The van der Waals surface area contributed by atoms with Gasteiger partial charge in [0.05, 0.1) is 0 Å². The third kappa shape index (κ3) is 1.62. The van der Waals surface area contributed by atoms with E-state index in [1.807, 2.05) is 0 Å². The molecule has 0 radical (unpaired) electrons. The fraction of sp³-hybridized carbons (Fsp3) is 0.941. The van der Waals surface area contributed by atoms with Gasteiger partial charge in [-0.05, 0) is 80.5 Å². The molecule has 5 aliphatic rings. The van der Waals surface area contributed by atoms with E-state index in [0.717, 1.165) is 24.2 Å². The molecule has 5 aliphatic carbocycles. The first kappa shape index (κ1) is 11.5. The van der Waals surface area contributed by atoms with E-state index in [9.17, 15) is 4.79 Å². The Balaban J connectivity index is 1.61. The Morgan fingerprint density at radius 3 is 2.00 bits per heavy atom. The second kappa shape index (κ2) is 3.84. The van der Waals surface area contributed by atoms with Gasteiger partial charge in [-0.2, -0.15) is 0 Å². The smallest absolute Gasteiger partial charge is 0.136 e. The Bertz CT molecular complexity index is 335. The van der Waals surface area contributed by atoms with Crippen molar-refractivity contribution in [3.8, 4) is 0 Å². The van der Waals surface area contributed by atoms with Crippen molar-refractivity contribution in [3.05, 3.63) is 0 Å². The van der Waals surface area contributed by atoms with Gasteiger partial charge in [-0.15, -0.1) is 0 Å². The largest absolute Gasteiger partial charge is 0.299 e. The van der Waals surface area contributed by atoms with Crippen LogP contribution in [0.1, 0.15) is 64.7 Å².